The highest BCUT2D eigenvalue weighted by atomic mass is 35.5. The van der Waals surface area contributed by atoms with Crippen LogP contribution in [0.4, 0.5) is 34.1 Å². The van der Waals surface area contributed by atoms with Gasteiger partial charge in [-0.15, -0.1) is 34.8 Å². The average molecular weight is 1040 g/mol. The summed E-state index contributed by atoms with van der Waals surface area (Å²) in [6.45, 7) is 3.91. The minimum absolute atomic E-state index is 0.0130. The lowest BCUT2D eigenvalue weighted by atomic mass is 10.1. The number of carbonyl (C=O) groups excluding carboxylic acids is 6. The van der Waals surface area contributed by atoms with E-state index in [1.165, 1.54) is 68.8 Å². The number of methoxy groups -OCH3 is 2. The number of nitrogens with one attached hydrogen (secondary N) is 4. The Labute approximate surface area is 422 Å². The maximum Gasteiger partial charge on any atom is 0.258 e. The van der Waals surface area contributed by atoms with Gasteiger partial charge in [-0.25, -0.2) is 0 Å². The molecule has 69 heavy (non-hydrogen) atoms. The number of benzene rings is 5. The molecule has 4 N–H and O–H groups in total. The van der Waals surface area contributed by atoms with Gasteiger partial charge in [0.05, 0.1) is 29.6 Å². The van der Waals surface area contributed by atoms with E-state index in [-0.39, 0.29) is 43.9 Å². The summed E-state index contributed by atoms with van der Waals surface area (Å²) in [5.41, 5.74) is 3.69. The standard InChI is InChI=1S/C48H45Cl5N8O8/c1-25(51)35-22-32(56-47(66)43(26(2)62)60-58-39-20-30(8-13-36(39)52)45(64)54-33-10-6-28(16-18-49)41(23-33)68-4)12-15-38(35)57-48(67)44(27(3)63)61-59-40-21-31(9-14-37(40)53)46(65)55-34-11-7-29(17-19-50)42(24-34)69-5/h6-15,20-25,43-44H,16-19H2,1-5H3,(H,54,64)(H,55,65)(H,56,66)(H,57,67). The van der Waals surface area contributed by atoms with Crippen molar-refractivity contribution < 1.29 is 38.2 Å². The number of alkyl halides is 3. The van der Waals surface area contributed by atoms with E-state index in [0.29, 0.717) is 53.0 Å². The van der Waals surface area contributed by atoms with Crippen LogP contribution in [0.2, 0.25) is 10.0 Å². The van der Waals surface area contributed by atoms with Crippen LogP contribution in [-0.4, -0.2) is 73.3 Å². The number of carbonyl (C=O) groups is 6. The summed E-state index contributed by atoms with van der Waals surface area (Å²) >= 11 is 31.0. The summed E-state index contributed by atoms with van der Waals surface area (Å²) < 4.78 is 10.8. The maximum absolute atomic E-state index is 13.6. The second-order valence-corrected chi connectivity index (χ2v) is 17.3. The van der Waals surface area contributed by atoms with Gasteiger partial charge >= 0.3 is 0 Å². The molecule has 5 aromatic rings. The van der Waals surface area contributed by atoms with Gasteiger partial charge in [-0.05, 0) is 117 Å². The first-order valence-electron chi connectivity index (χ1n) is 20.9. The van der Waals surface area contributed by atoms with Crippen LogP contribution in [0.5, 0.6) is 11.5 Å². The predicted octanol–water partition coefficient (Wildman–Crippen LogP) is 11.7. The van der Waals surface area contributed by atoms with E-state index in [9.17, 15) is 28.8 Å². The lowest BCUT2D eigenvalue weighted by Crippen LogP contribution is -2.32. The van der Waals surface area contributed by atoms with Gasteiger partial charge in [0, 0.05) is 57.8 Å². The first-order valence-corrected chi connectivity index (χ1v) is 23.1. The zero-order valence-electron chi connectivity index (χ0n) is 37.7. The van der Waals surface area contributed by atoms with E-state index in [4.69, 9.17) is 67.5 Å². The Morgan fingerprint density at radius 3 is 1.39 bits per heavy atom. The number of amides is 4. The number of aryl methyl sites for hydroxylation is 2. The molecule has 3 atom stereocenters. The molecule has 0 saturated carbocycles. The smallest absolute Gasteiger partial charge is 0.258 e. The molecule has 5 rings (SSSR count). The fourth-order valence-electron chi connectivity index (χ4n) is 6.50. The molecule has 5 aromatic carbocycles. The molecule has 0 saturated heterocycles. The topological polar surface area (TPSA) is 218 Å². The lowest BCUT2D eigenvalue weighted by Gasteiger charge is -2.17. The molecule has 21 heteroatoms. The molecule has 4 amide bonds. The van der Waals surface area contributed by atoms with Crippen LogP contribution in [0.25, 0.3) is 0 Å². The molecule has 0 radical (unpaired) electrons. The molecule has 0 bridgehead atoms. The number of Topliss-reactive ketones (excluding diaryl/α,β-unsaturated/α-hetero) is 2. The van der Waals surface area contributed by atoms with Crippen LogP contribution in [0.15, 0.2) is 111 Å². The van der Waals surface area contributed by atoms with Crippen molar-refractivity contribution >= 4 is 127 Å². The van der Waals surface area contributed by atoms with Gasteiger partial charge in [0.2, 0.25) is 12.1 Å². The van der Waals surface area contributed by atoms with Crippen LogP contribution in [0.1, 0.15) is 63.6 Å². The second kappa shape index (κ2) is 25.3. The van der Waals surface area contributed by atoms with Gasteiger partial charge in [0.1, 0.15) is 22.9 Å². The first-order chi connectivity index (χ1) is 33.0. The summed E-state index contributed by atoms with van der Waals surface area (Å²) in [6.07, 6.45) is 1.16. The molecule has 0 spiro atoms. The quantitative estimate of drug-likeness (QED) is 0.0314. The van der Waals surface area contributed by atoms with Crippen molar-refractivity contribution in [1.29, 1.82) is 0 Å². The third-order valence-electron chi connectivity index (χ3n) is 10.1. The minimum atomic E-state index is -1.65. The molecule has 0 aromatic heterocycles. The number of azo groups is 2. The fourth-order valence-corrected chi connectivity index (χ4v) is 7.40. The van der Waals surface area contributed by atoms with E-state index >= 15 is 0 Å². The Bertz CT molecular complexity index is 2820. The summed E-state index contributed by atoms with van der Waals surface area (Å²) in [7, 11) is 3.03. The second-order valence-electron chi connectivity index (χ2n) is 15.0. The number of hydrogen-bond donors (Lipinski definition) is 4. The maximum atomic E-state index is 13.6. The van der Waals surface area contributed by atoms with E-state index in [1.807, 2.05) is 0 Å². The van der Waals surface area contributed by atoms with Gasteiger partial charge in [0.15, 0.2) is 11.6 Å². The molecular weight excluding hydrogens is 994 g/mol. The van der Waals surface area contributed by atoms with Crippen molar-refractivity contribution in [3.05, 3.63) is 129 Å². The van der Waals surface area contributed by atoms with Crippen molar-refractivity contribution in [2.24, 2.45) is 20.5 Å². The van der Waals surface area contributed by atoms with Crippen LogP contribution in [0.3, 0.4) is 0 Å². The molecule has 0 heterocycles. The molecule has 0 aliphatic rings. The van der Waals surface area contributed by atoms with E-state index in [0.717, 1.165) is 25.0 Å². The highest BCUT2D eigenvalue weighted by molar-refractivity contribution is 6.33. The average Bonchev–Trinajstić information content (AvgIpc) is 3.31. The van der Waals surface area contributed by atoms with Crippen molar-refractivity contribution in [2.45, 2.75) is 51.1 Å². The zero-order valence-corrected chi connectivity index (χ0v) is 41.4. The van der Waals surface area contributed by atoms with Crippen LogP contribution >= 0.6 is 58.0 Å². The Balaban J connectivity index is 1.27. The third kappa shape index (κ3) is 14.5. The monoisotopic (exact) mass is 1040 g/mol. The van der Waals surface area contributed by atoms with Crippen molar-refractivity contribution in [1.82, 2.24) is 0 Å². The van der Waals surface area contributed by atoms with Crippen molar-refractivity contribution in [2.75, 3.05) is 47.2 Å². The third-order valence-corrected chi connectivity index (χ3v) is 11.3. The highest BCUT2D eigenvalue weighted by Crippen LogP contribution is 2.33. The number of anilines is 4. The normalized spacial score (nSPS) is 12.5. The Morgan fingerprint density at radius 1 is 0.565 bits per heavy atom. The van der Waals surface area contributed by atoms with Crippen LogP contribution < -0.4 is 30.7 Å². The zero-order chi connectivity index (χ0) is 50.4. The van der Waals surface area contributed by atoms with Crippen molar-refractivity contribution in [3.63, 3.8) is 0 Å². The SMILES string of the molecule is COc1cc(NC(=O)c2ccc(Cl)c(N=NC(C(C)=O)C(=O)Nc3ccc(NC(=O)C(N=Nc4cc(C(=O)Nc5ccc(CCCl)c(OC)c5)ccc4Cl)C(C)=O)c(C(C)Cl)c3)c2)ccc1CCCl. The number of hydrogen-bond acceptors (Lipinski definition) is 12. The van der Waals surface area contributed by atoms with E-state index in [1.54, 1.807) is 43.3 Å². The molecule has 360 valence electrons. The van der Waals surface area contributed by atoms with Gasteiger partial charge in [-0.1, -0.05) is 35.3 Å². The largest absolute Gasteiger partial charge is 0.496 e. The molecule has 0 aliphatic heterocycles. The van der Waals surface area contributed by atoms with Gasteiger partial charge in [-0.3, -0.25) is 28.8 Å². The number of rotatable bonds is 21. The highest BCUT2D eigenvalue weighted by Gasteiger charge is 2.27. The molecular formula is C48H45Cl5N8O8. The summed E-state index contributed by atoms with van der Waals surface area (Å²) in [5, 5.41) is 26.3. The molecule has 3 unspecified atom stereocenters. The predicted molar refractivity (Wildman–Crippen MR) is 270 cm³/mol. The molecule has 16 nitrogen and oxygen atoms in total. The van der Waals surface area contributed by atoms with Gasteiger partial charge < -0.3 is 30.7 Å². The number of ketones is 2. The van der Waals surface area contributed by atoms with Gasteiger partial charge in [0.25, 0.3) is 23.6 Å². The summed E-state index contributed by atoms with van der Waals surface area (Å²) in [5.74, 6) is -2.15. The lowest BCUT2D eigenvalue weighted by molar-refractivity contribution is -0.127. The Morgan fingerprint density at radius 2 is 0.986 bits per heavy atom. The Hall–Kier alpha value is -6.43. The molecule has 0 fully saturated rings. The number of ether oxygens (including phenoxy) is 2. The van der Waals surface area contributed by atoms with Crippen LogP contribution in [0, 0.1) is 0 Å². The number of nitrogens with zero attached hydrogens (tertiary/aromatic N) is 4. The van der Waals surface area contributed by atoms with Crippen molar-refractivity contribution in [3.8, 4) is 11.5 Å². The van der Waals surface area contributed by atoms with Gasteiger partial charge in [-0.2, -0.15) is 20.5 Å². The number of halogens is 5. The van der Waals surface area contributed by atoms with E-state index in [2.05, 4.69) is 41.7 Å². The fraction of sp³-hybridized carbons (Fsp3) is 0.250. The van der Waals surface area contributed by atoms with E-state index < -0.39 is 52.7 Å². The molecule has 0 aliphatic carbocycles. The summed E-state index contributed by atoms with van der Waals surface area (Å²) in [4.78, 5) is 78.8. The first kappa shape index (κ1) is 53.5. The Kier molecular flexibility index (Phi) is 19.6. The van der Waals surface area contributed by atoms with Crippen LogP contribution in [-0.2, 0) is 32.0 Å². The summed E-state index contributed by atoms with van der Waals surface area (Å²) in [6, 6.07) is 19.9. The minimum Gasteiger partial charge on any atom is -0.496 e.